The molecule has 1 saturated heterocycles. The van der Waals surface area contributed by atoms with Crippen LogP contribution in [0, 0.1) is 5.92 Å². The van der Waals surface area contributed by atoms with E-state index in [9.17, 15) is 8.42 Å². The van der Waals surface area contributed by atoms with Crippen LogP contribution in [0.3, 0.4) is 0 Å². The van der Waals surface area contributed by atoms with Gasteiger partial charge in [-0.2, -0.15) is 0 Å². The lowest BCUT2D eigenvalue weighted by Crippen LogP contribution is -2.11. The molecule has 4 rings (SSSR count). The second-order valence-corrected chi connectivity index (χ2v) is 10.5. The first kappa shape index (κ1) is 19.2. The van der Waals surface area contributed by atoms with E-state index in [1.54, 1.807) is 11.8 Å². The predicted molar refractivity (Wildman–Crippen MR) is 113 cm³/mol. The molecule has 28 heavy (non-hydrogen) atoms. The zero-order valence-corrected chi connectivity index (χ0v) is 17.4. The van der Waals surface area contributed by atoms with E-state index in [0.717, 1.165) is 23.2 Å². The average Bonchev–Trinajstić information content (AvgIpc) is 3.23. The zero-order valence-electron chi connectivity index (χ0n) is 15.8. The Bertz CT molecular complexity index is 1050. The molecule has 0 aliphatic carbocycles. The van der Waals surface area contributed by atoms with Crippen LogP contribution in [-0.4, -0.2) is 34.7 Å². The molecule has 0 bridgehead atoms. The summed E-state index contributed by atoms with van der Waals surface area (Å²) in [5.74, 6) is 2.42. The fourth-order valence-corrected chi connectivity index (χ4v) is 6.26. The maximum absolute atomic E-state index is 11.6. The highest BCUT2D eigenvalue weighted by Crippen LogP contribution is 2.26. The van der Waals surface area contributed by atoms with Crippen molar-refractivity contribution in [3.63, 3.8) is 0 Å². The average molecular weight is 414 g/mol. The van der Waals surface area contributed by atoms with Crippen molar-refractivity contribution in [2.45, 2.75) is 23.8 Å². The SMILES string of the molecule is Cn1c(C[C@H]2CCS(=O)(=O)C2)nnc1SCc1ccc(-c2ccccc2)cc1. The predicted octanol–water partition coefficient (Wildman–Crippen LogP) is 3.75. The zero-order chi connectivity index (χ0) is 19.6. The minimum atomic E-state index is -2.85. The summed E-state index contributed by atoms with van der Waals surface area (Å²) in [5.41, 5.74) is 3.66. The lowest BCUT2D eigenvalue weighted by atomic mass is 10.0. The van der Waals surface area contributed by atoms with Gasteiger partial charge in [0.2, 0.25) is 0 Å². The van der Waals surface area contributed by atoms with Crippen molar-refractivity contribution in [1.82, 2.24) is 14.8 Å². The van der Waals surface area contributed by atoms with E-state index in [0.29, 0.717) is 12.2 Å². The van der Waals surface area contributed by atoms with Gasteiger partial charge >= 0.3 is 0 Å². The van der Waals surface area contributed by atoms with Gasteiger partial charge in [-0.3, -0.25) is 0 Å². The van der Waals surface area contributed by atoms with E-state index in [4.69, 9.17) is 0 Å². The normalized spacial score (nSPS) is 18.4. The maximum atomic E-state index is 11.6. The third-order valence-electron chi connectivity index (χ3n) is 5.15. The molecule has 5 nitrogen and oxygen atoms in total. The number of thioether (sulfide) groups is 1. The van der Waals surface area contributed by atoms with Crippen LogP contribution in [-0.2, 0) is 29.1 Å². The van der Waals surface area contributed by atoms with Crippen molar-refractivity contribution in [2.75, 3.05) is 11.5 Å². The van der Waals surface area contributed by atoms with E-state index in [-0.39, 0.29) is 11.7 Å². The molecular weight excluding hydrogens is 390 g/mol. The smallest absolute Gasteiger partial charge is 0.191 e. The minimum Gasteiger partial charge on any atom is -0.309 e. The van der Waals surface area contributed by atoms with Gasteiger partial charge in [0.25, 0.3) is 0 Å². The van der Waals surface area contributed by atoms with Crippen molar-refractivity contribution in [3.8, 4) is 11.1 Å². The fourth-order valence-electron chi connectivity index (χ4n) is 3.51. The van der Waals surface area contributed by atoms with Gasteiger partial charge in [-0.05, 0) is 29.0 Å². The van der Waals surface area contributed by atoms with Crippen LogP contribution in [0.15, 0.2) is 59.8 Å². The number of nitrogens with zero attached hydrogens (tertiary/aromatic N) is 3. The molecule has 2 heterocycles. The molecule has 1 aliphatic rings. The summed E-state index contributed by atoms with van der Waals surface area (Å²) in [6, 6.07) is 18.9. The molecule has 1 fully saturated rings. The standard InChI is InChI=1S/C21H23N3O2S2/c1-24-20(13-17-11-12-28(25,26)15-17)22-23-21(24)27-14-16-7-9-19(10-8-16)18-5-3-2-4-6-18/h2-10,17H,11-15H2,1H3/t17-/m1/s1. The van der Waals surface area contributed by atoms with Gasteiger partial charge in [0, 0.05) is 19.2 Å². The van der Waals surface area contributed by atoms with Crippen molar-refractivity contribution >= 4 is 21.6 Å². The minimum absolute atomic E-state index is 0.163. The van der Waals surface area contributed by atoms with E-state index in [1.807, 2.05) is 29.8 Å². The molecular formula is C21H23N3O2S2. The summed E-state index contributed by atoms with van der Waals surface area (Å²) >= 11 is 1.65. The van der Waals surface area contributed by atoms with Gasteiger partial charge < -0.3 is 4.57 Å². The fraction of sp³-hybridized carbons (Fsp3) is 0.333. The monoisotopic (exact) mass is 413 g/mol. The molecule has 0 saturated carbocycles. The second kappa shape index (κ2) is 8.09. The molecule has 0 radical (unpaired) electrons. The largest absolute Gasteiger partial charge is 0.309 e. The first-order chi connectivity index (χ1) is 13.5. The molecule has 2 aromatic carbocycles. The van der Waals surface area contributed by atoms with Crippen molar-refractivity contribution in [1.29, 1.82) is 0 Å². The Balaban J connectivity index is 1.37. The highest BCUT2D eigenvalue weighted by atomic mass is 32.2. The number of hydrogen-bond acceptors (Lipinski definition) is 5. The van der Waals surface area contributed by atoms with Crippen LogP contribution in [0.25, 0.3) is 11.1 Å². The maximum Gasteiger partial charge on any atom is 0.191 e. The first-order valence-corrected chi connectivity index (χ1v) is 12.2. The van der Waals surface area contributed by atoms with Gasteiger partial charge in [-0.1, -0.05) is 66.4 Å². The first-order valence-electron chi connectivity index (χ1n) is 9.36. The van der Waals surface area contributed by atoms with Gasteiger partial charge in [0.15, 0.2) is 15.0 Å². The highest BCUT2D eigenvalue weighted by molar-refractivity contribution is 7.98. The molecule has 0 spiro atoms. The van der Waals surface area contributed by atoms with Gasteiger partial charge in [-0.15, -0.1) is 10.2 Å². The lowest BCUT2D eigenvalue weighted by Gasteiger charge is -2.08. The van der Waals surface area contributed by atoms with Crippen LogP contribution in [0.4, 0.5) is 0 Å². The summed E-state index contributed by atoms with van der Waals surface area (Å²) in [6.45, 7) is 0. The van der Waals surface area contributed by atoms with Gasteiger partial charge in [0.05, 0.1) is 11.5 Å². The van der Waals surface area contributed by atoms with Gasteiger partial charge in [0.1, 0.15) is 5.82 Å². The Labute approximate surface area is 170 Å². The van der Waals surface area contributed by atoms with E-state index >= 15 is 0 Å². The molecule has 0 amide bonds. The van der Waals surface area contributed by atoms with Crippen molar-refractivity contribution in [3.05, 3.63) is 66.0 Å². The highest BCUT2D eigenvalue weighted by Gasteiger charge is 2.29. The summed E-state index contributed by atoms with van der Waals surface area (Å²) < 4.78 is 25.3. The molecule has 7 heteroatoms. The summed E-state index contributed by atoms with van der Waals surface area (Å²) in [7, 11) is -0.896. The number of hydrogen-bond donors (Lipinski definition) is 0. The number of benzene rings is 2. The lowest BCUT2D eigenvalue weighted by molar-refractivity contribution is 0.552. The third kappa shape index (κ3) is 4.47. The quantitative estimate of drug-likeness (QED) is 0.576. The van der Waals surface area contributed by atoms with E-state index in [1.165, 1.54) is 16.7 Å². The van der Waals surface area contributed by atoms with E-state index in [2.05, 4.69) is 46.6 Å². The molecule has 3 aromatic rings. The molecule has 146 valence electrons. The number of aromatic nitrogens is 3. The van der Waals surface area contributed by atoms with Crippen LogP contribution in [0.2, 0.25) is 0 Å². The Morgan fingerprint density at radius 1 is 1.04 bits per heavy atom. The molecule has 0 N–H and O–H groups in total. The van der Waals surface area contributed by atoms with Crippen LogP contribution in [0.5, 0.6) is 0 Å². The summed E-state index contributed by atoms with van der Waals surface area (Å²) in [4.78, 5) is 0. The molecule has 1 aliphatic heterocycles. The topological polar surface area (TPSA) is 64.8 Å². The third-order valence-corrected chi connectivity index (χ3v) is 8.08. The van der Waals surface area contributed by atoms with Crippen LogP contribution >= 0.6 is 11.8 Å². The molecule has 0 unspecified atom stereocenters. The Hall–Kier alpha value is -2.12. The summed E-state index contributed by atoms with van der Waals surface area (Å²) in [5, 5.41) is 9.46. The number of rotatable bonds is 6. The molecule has 1 aromatic heterocycles. The number of sulfone groups is 1. The Morgan fingerprint density at radius 3 is 2.43 bits per heavy atom. The molecule has 1 atom stereocenters. The van der Waals surface area contributed by atoms with Crippen molar-refractivity contribution < 1.29 is 8.42 Å². The Morgan fingerprint density at radius 2 is 1.75 bits per heavy atom. The van der Waals surface area contributed by atoms with Crippen LogP contribution < -0.4 is 0 Å². The Kier molecular flexibility index (Phi) is 5.55. The second-order valence-electron chi connectivity index (χ2n) is 7.28. The summed E-state index contributed by atoms with van der Waals surface area (Å²) in [6.07, 6.45) is 1.40. The van der Waals surface area contributed by atoms with Crippen molar-refractivity contribution in [2.24, 2.45) is 13.0 Å². The van der Waals surface area contributed by atoms with E-state index < -0.39 is 9.84 Å². The van der Waals surface area contributed by atoms with Gasteiger partial charge in [-0.25, -0.2) is 8.42 Å². The van der Waals surface area contributed by atoms with Crippen LogP contribution in [0.1, 0.15) is 17.8 Å².